The first-order chi connectivity index (χ1) is 15.5. The number of imidazole rings is 1. The van der Waals surface area contributed by atoms with Crippen LogP contribution in [0.1, 0.15) is 5.76 Å². The second-order valence-corrected chi connectivity index (χ2v) is 7.51. The fraction of sp³-hybridized carbons (Fsp3) is 0.130. The van der Waals surface area contributed by atoms with E-state index in [1.54, 1.807) is 10.9 Å². The van der Waals surface area contributed by atoms with E-state index in [1.165, 1.54) is 18.3 Å². The Morgan fingerprint density at radius 1 is 0.969 bits per heavy atom. The Labute approximate surface area is 182 Å². The summed E-state index contributed by atoms with van der Waals surface area (Å²) >= 11 is 0. The maximum atomic E-state index is 14.1. The van der Waals surface area contributed by atoms with Crippen molar-refractivity contribution in [1.29, 1.82) is 0 Å². The molecule has 2 aliphatic heterocycles. The lowest BCUT2D eigenvalue weighted by Gasteiger charge is -2.11. The van der Waals surface area contributed by atoms with Gasteiger partial charge in [-0.05, 0) is 24.3 Å². The number of fused-ring (bicyclic) bond motifs is 1. The van der Waals surface area contributed by atoms with Crippen LogP contribution in [0.25, 0.3) is 34.0 Å². The maximum Gasteiger partial charge on any atom is 0.169 e. The molecule has 0 saturated carbocycles. The van der Waals surface area contributed by atoms with Gasteiger partial charge in [0.1, 0.15) is 23.6 Å². The Kier molecular flexibility index (Phi) is 4.85. The third kappa shape index (κ3) is 3.68. The molecule has 2 aromatic carbocycles. The summed E-state index contributed by atoms with van der Waals surface area (Å²) in [6.07, 6.45) is 3.21. The largest absolute Gasteiger partial charge is 0.378 e. The van der Waals surface area contributed by atoms with Crippen LogP contribution >= 0.6 is 0 Å². The van der Waals surface area contributed by atoms with E-state index in [2.05, 4.69) is 20.2 Å². The number of anilines is 1. The second kappa shape index (κ2) is 7.84. The van der Waals surface area contributed by atoms with Crippen molar-refractivity contribution in [1.82, 2.24) is 24.9 Å². The van der Waals surface area contributed by atoms with Gasteiger partial charge in [0.2, 0.25) is 0 Å². The number of benzene rings is 2. The van der Waals surface area contributed by atoms with Crippen LogP contribution in [-0.2, 0) is 6.54 Å². The predicted molar refractivity (Wildman–Crippen MR) is 115 cm³/mol. The Morgan fingerprint density at radius 3 is 2.53 bits per heavy atom. The average molecular weight is 432 g/mol. The summed E-state index contributed by atoms with van der Waals surface area (Å²) in [5, 5.41) is 8.46. The lowest BCUT2D eigenvalue weighted by molar-refractivity contribution is 0.372. The van der Waals surface area contributed by atoms with Gasteiger partial charge < -0.3 is 9.42 Å². The highest BCUT2D eigenvalue weighted by Crippen LogP contribution is 2.27. The van der Waals surface area contributed by atoms with Crippen LogP contribution in [-0.4, -0.2) is 39.0 Å². The number of aromatic nitrogens is 5. The minimum Gasteiger partial charge on any atom is -0.378 e. The molecule has 0 N–H and O–H groups in total. The number of halogens is 2. The van der Waals surface area contributed by atoms with Crippen molar-refractivity contribution in [3.8, 4) is 34.0 Å². The molecule has 1 aromatic heterocycles. The van der Waals surface area contributed by atoms with Gasteiger partial charge in [-0.15, -0.1) is 0 Å². The number of hydrogen-bond donors (Lipinski definition) is 0. The van der Waals surface area contributed by atoms with E-state index in [0.717, 1.165) is 23.0 Å². The Balaban J connectivity index is 1.38. The van der Waals surface area contributed by atoms with Crippen LogP contribution in [0.15, 0.2) is 65.4 Å². The molecule has 0 atom stereocenters. The van der Waals surface area contributed by atoms with Crippen LogP contribution in [0.3, 0.4) is 0 Å². The molecule has 3 aromatic rings. The van der Waals surface area contributed by atoms with Crippen molar-refractivity contribution in [3.05, 3.63) is 78.3 Å². The van der Waals surface area contributed by atoms with E-state index in [0.29, 0.717) is 23.7 Å². The summed E-state index contributed by atoms with van der Waals surface area (Å²) in [4.78, 5) is 10.6. The fourth-order valence-electron chi connectivity index (χ4n) is 3.36. The van der Waals surface area contributed by atoms with Gasteiger partial charge >= 0.3 is 0 Å². The summed E-state index contributed by atoms with van der Waals surface area (Å²) in [5.74, 6) is -1.19. The number of rotatable bonds is 5. The molecule has 0 radical (unpaired) electrons. The molecule has 160 valence electrons. The second-order valence-electron chi connectivity index (χ2n) is 7.51. The summed E-state index contributed by atoms with van der Waals surface area (Å²) < 4.78 is 34.7. The molecule has 0 fully saturated rings. The summed E-state index contributed by atoms with van der Waals surface area (Å²) in [7, 11) is 3.97. The molecule has 2 aliphatic rings. The van der Waals surface area contributed by atoms with Crippen molar-refractivity contribution in [2.24, 2.45) is 0 Å². The predicted octanol–water partition coefficient (Wildman–Crippen LogP) is 4.49. The molecular formula is C23H18F2N6O. The topological polar surface area (TPSA) is 72.9 Å². The molecule has 9 heteroatoms. The van der Waals surface area contributed by atoms with Crippen molar-refractivity contribution in [2.75, 3.05) is 19.0 Å². The zero-order valence-corrected chi connectivity index (χ0v) is 17.3. The summed E-state index contributed by atoms with van der Waals surface area (Å²) in [6, 6.07) is 13.8. The van der Waals surface area contributed by atoms with Crippen LogP contribution in [0.5, 0.6) is 0 Å². The van der Waals surface area contributed by atoms with Gasteiger partial charge in [-0.25, -0.2) is 18.7 Å². The van der Waals surface area contributed by atoms with Crippen LogP contribution in [0.2, 0.25) is 0 Å². The van der Waals surface area contributed by atoms with E-state index < -0.39 is 11.6 Å². The summed E-state index contributed by atoms with van der Waals surface area (Å²) in [6.45, 7) is 0.329. The van der Waals surface area contributed by atoms with E-state index in [1.807, 2.05) is 49.3 Å². The van der Waals surface area contributed by atoms with Crippen LogP contribution < -0.4 is 4.90 Å². The van der Waals surface area contributed by atoms with Gasteiger partial charge in [0, 0.05) is 31.4 Å². The van der Waals surface area contributed by atoms with E-state index in [9.17, 15) is 8.78 Å². The highest BCUT2D eigenvalue weighted by molar-refractivity contribution is 5.65. The molecule has 0 aliphatic carbocycles. The molecule has 0 spiro atoms. The first-order valence-corrected chi connectivity index (χ1v) is 9.86. The summed E-state index contributed by atoms with van der Waals surface area (Å²) in [5.41, 5.74) is 3.77. The molecule has 0 unspecified atom stereocenters. The molecule has 0 saturated heterocycles. The van der Waals surface area contributed by atoms with Gasteiger partial charge in [-0.1, -0.05) is 23.4 Å². The van der Waals surface area contributed by atoms with Crippen molar-refractivity contribution < 1.29 is 13.3 Å². The number of nitrogens with zero attached hydrogens (tertiary/aromatic N) is 6. The first-order valence-electron chi connectivity index (χ1n) is 9.86. The fourth-order valence-corrected chi connectivity index (χ4v) is 3.36. The molecule has 7 nitrogen and oxygen atoms in total. The van der Waals surface area contributed by atoms with Crippen LogP contribution in [0, 0.1) is 11.6 Å². The van der Waals surface area contributed by atoms with Gasteiger partial charge in [-0.3, -0.25) is 4.68 Å². The minimum absolute atomic E-state index is 0.00733. The van der Waals surface area contributed by atoms with Crippen molar-refractivity contribution >= 4 is 5.69 Å². The van der Waals surface area contributed by atoms with Gasteiger partial charge in [0.05, 0.1) is 18.0 Å². The minimum atomic E-state index is -0.976. The molecule has 32 heavy (non-hydrogen) atoms. The van der Waals surface area contributed by atoms with Crippen molar-refractivity contribution in [2.45, 2.75) is 6.54 Å². The molecule has 0 bridgehead atoms. The van der Waals surface area contributed by atoms with E-state index >= 15 is 0 Å². The third-order valence-corrected chi connectivity index (χ3v) is 5.06. The molecule has 3 heterocycles. The lowest BCUT2D eigenvalue weighted by atomic mass is 10.1. The van der Waals surface area contributed by atoms with Gasteiger partial charge in [0.15, 0.2) is 23.2 Å². The maximum absolute atomic E-state index is 14.1. The monoisotopic (exact) mass is 432 g/mol. The zero-order valence-electron chi connectivity index (χ0n) is 17.3. The third-order valence-electron chi connectivity index (χ3n) is 5.06. The van der Waals surface area contributed by atoms with Crippen LogP contribution in [0.4, 0.5) is 14.5 Å². The van der Waals surface area contributed by atoms with Gasteiger partial charge in [0.25, 0.3) is 0 Å². The smallest absolute Gasteiger partial charge is 0.169 e. The van der Waals surface area contributed by atoms with Gasteiger partial charge in [-0.2, -0.15) is 5.10 Å². The first kappa shape index (κ1) is 19.8. The standard InChI is InChI=1S/C23H18F2N6O/c1-30(2)15-8-6-14(7-9-15)19-10-16(32-29-19)12-31-13-21-20(11-26-31)27-23(28-21)17-4-3-5-18(24)22(17)25/h3-11,13H,12H2,1-2H3. The quantitative estimate of drug-likeness (QED) is 0.407. The average Bonchev–Trinajstić information content (AvgIpc) is 3.42. The lowest BCUT2D eigenvalue weighted by Crippen LogP contribution is -2.07. The SMILES string of the molecule is CN(C)c1ccc(-c2cc(Cn3cc4nc(-c5cccc(F)c5F)nc-4cn3)on2)cc1. The highest BCUT2D eigenvalue weighted by atomic mass is 19.2. The Bertz CT molecular complexity index is 1360. The zero-order chi connectivity index (χ0) is 22.2. The Morgan fingerprint density at radius 2 is 1.75 bits per heavy atom. The molecule has 0 amide bonds. The van der Waals surface area contributed by atoms with Crippen molar-refractivity contribution in [3.63, 3.8) is 0 Å². The number of hydrogen-bond acceptors (Lipinski definition) is 6. The molecule has 5 rings (SSSR count). The molecular weight excluding hydrogens is 414 g/mol. The normalized spacial score (nSPS) is 11.2. The Hall–Kier alpha value is -4.14. The van der Waals surface area contributed by atoms with E-state index in [4.69, 9.17) is 4.52 Å². The van der Waals surface area contributed by atoms with E-state index in [-0.39, 0.29) is 11.4 Å². The highest BCUT2D eigenvalue weighted by Gasteiger charge is 2.18.